The highest BCUT2D eigenvalue weighted by Gasteiger charge is 2.06. The zero-order chi connectivity index (χ0) is 20.2. The minimum Gasteiger partial charge on any atom is -0.493 e. The van der Waals surface area contributed by atoms with E-state index in [9.17, 15) is 4.79 Å². The average Bonchev–Trinajstić information content (AvgIpc) is 2.71. The molecule has 2 aromatic carbocycles. The number of unbranched alkanes of at least 4 members (excludes halogenated alkanes) is 2. The van der Waals surface area contributed by atoms with Crippen molar-refractivity contribution in [2.24, 2.45) is 5.10 Å². The Morgan fingerprint density at radius 3 is 2.64 bits per heavy atom. The molecule has 2 rings (SSSR count). The Kier molecular flexibility index (Phi) is 8.85. The van der Waals surface area contributed by atoms with Gasteiger partial charge in [-0.2, -0.15) is 5.10 Å². The van der Waals surface area contributed by atoms with E-state index in [1.807, 2.05) is 49.4 Å². The number of para-hydroxylation sites is 1. The molecule has 6 heteroatoms. The fourth-order valence-electron chi connectivity index (χ4n) is 2.49. The number of rotatable bonds is 11. The van der Waals surface area contributed by atoms with E-state index in [2.05, 4.69) is 17.5 Å². The van der Waals surface area contributed by atoms with Gasteiger partial charge < -0.3 is 14.2 Å². The van der Waals surface area contributed by atoms with Crippen molar-refractivity contribution >= 4 is 12.1 Å². The molecule has 0 saturated carbocycles. The van der Waals surface area contributed by atoms with Gasteiger partial charge in [0.25, 0.3) is 5.91 Å². The van der Waals surface area contributed by atoms with Crippen LogP contribution >= 0.6 is 0 Å². The highest BCUT2D eigenvalue weighted by Crippen LogP contribution is 2.27. The number of nitrogens with one attached hydrogen (secondary N) is 1. The molecule has 0 saturated heterocycles. The van der Waals surface area contributed by atoms with E-state index in [0.29, 0.717) is 23.9 Å². The molecule has 0 aliphatic carbocycles. The van der Waals surface area contributed by atoms with E-state index in [1.165, 1.54) is 0 Å². The topological polar surface area (TPSA) is 69.2 Å². The van der Waals surface area contributed by atoms with Crippen molar-refractivity contribution in [3.8, 4) is 17.2 Å². The van der Waals surface area contributed by atoms with Crippen molar-refractivity contribution in [3.05, 3.63) is 53.6 Å². The van der Waals surface area contributed by atoms with Gasteiger partial charge in [0, 0.05) is 0 Å². The van der Waals surface area contributed by atoms with E-state index in [0.717, 1.165) is 30.4 Å². The van der Waals surface area contributed by atoms with E-state index in [4.69, 9.17) is 14.2 Å². The Bertz CT molecular complexity index is 790. The molecule has 28 heavy (non-hydrogen) atoms. The van der Waals surface area contributed by atoms with Crippen LogP contribution in [0.5, 0.6) is 17.2 Å². The molecule has 0 heterocycles. The van der Waals surface area contributed by atoms with Crippen LogP contribution in [0.1, 0.15) is 37.3 Å². The number of methoxy groups -OCH3 is 1. The van der Waals surface area contributed by atoms with Gasteiger partial charge in [-0.05, 0) is 48.7 Å². The molecule has 0 aliphatic heterocycles. The Morgan fingerprint density at radius 2 is 1.89 bits per heavy atom. The van der Waals surface area contributed by atoms with Crippen molar-refractivity contribution in [1.82, 2.24) is 5.43 Å². The fourth-order valence-corrected chi connectivity index (χ4v) is 2.49. The molecular weight excluding hydrogens is 356 g/mol. The lowest BCUT2D eigenvalue weighted by atomic mass is 10.2. The van der Waals surface area contributed by atoms with E-state index in [1.54, 1.807) is 13.3 Å². The third-order valence-electron chi connectivity index (χ3n) is 4.05. The number of hydrogen-bond donors (Lipinski definition) is 1. The molecule has 0 bridgehead atoms. The van der Waals surface area contributed by atoms with Crippen molar-refractivity contribution in [2.75, 3.05) is 20.3 Å². The summed E-state index contributed by atoms with van der Waals surface area (Å²) < 4.78 is 16.6. The largest absolute Gasteiger partial charge is 0.493 e. The molecule has 150 valence electrons. The quantitative estimate of drug-likeness (QED) is 0.360. The zero-order valence-electron chi connectivity index (χ0n) is 16.7. The molecular formula is C22H28N2O4. The molecule has 0 aliphatic rings. The van der Waals surface area contributed by atoms with Gasteiger partial charge in [0.1, 0.15) is 5.75 Å². The number of aryl methyl sites for hydroxylation is 1. The van der Waals surface area contributed by atoms with Crippen LogP contribution < -0.4 is 19.6 Å². The van der Waals surface area contributed by atoms with Crippen LogP contribution in [0.3, 0.4) is 0 Å². The average molecular weight is 384 g/mol. The Labute approximate surface area is 166 Å². The second-order valence-electron chi connectivity index (χ2n) is 6.31. The van der Waals surface area contributed by atoms with Gasteiger partial charge in [-0.3, -0.25) is 4.79 Å². The van der Waals surface area contributed by atoms with Gasteiger partial charge in [-0.25, -0.2) is 5.43 Å². The number of amides is 1. The smallest absolute Gasteiger partial charge is 0.277 e. The van der Waals surface area contributed by atoms with Gasteiger partial charge in [0.15, 0.2) is 18.1 Å². The minimum absolute atomic E-state index is 0.101. The highest BCUT2D eigenvalue weighted by molar-refractivity contribution is 5.83. The highest BCUT2D eigenvalue weighted by atomic mass is 16.5. The third kappa shape index (κ3) is 6.95. The Balaban J connectivity index is 1.84. The molecule has 0 unspecified atom stereocenters. The van der Waals surface area contributed by atoms with Crippen molar-refractivity contribution in [2.45, 2.75) is 33.1 Å². The Morgan fingerprint density at radius 1 is 1.07 bits per heavy atom. The summed E-state index contributed by atoms with van der Waals surface area (Å²) in [6.45, 7) is 4.64. The summed E-state index contributed by atoms with van der Waals surface area (Å²) in [7, 11) is 1.60. The van der Waals surface area contributed by atoms with Crippen molar-refractivity contribution < 1.29 is 19.0 Å². The lowest BCUT2D eigenvalue weighted by Gasteiger charge is -2.11. The first-order chi connectivity index (χ1) is 13.6. The van der Waals surface area contributed by atoms with Crippen LogP contribution in [-0.4, -0.2) is 32.4 Å². The van der Waals surface area contributed by atoms with Crippen LogP contribution in [-0.2, 0) is 4.79 Å². The zero-order valence-corrected chi connectivity index (χ0v) is 16.7. The van der Waals surface area contributed by atoms with Gasteiger partial charge in [-0.1, -0.05) is 38.0 Å². The maximum Gasteiger partial charge on any atom is 0.277 e. The van der Waals surface area contributed by atoms with Crippen molar-refractivity contribution in [1.29, 1.82) is 0 Å². The van der Waals surface area contributed by atoms with Crippen LogP contribution in [0.15, 0.2) is 47.6 Å². The van der Waals surface area contributed by atoms with Crippen molar-refractivity contribution in [3.63, 3.8) is 0 Å². The molecule has 1 amide bonds. The number of carbonyl (C=O) groups excluding carboxylic acids is 1. The van der Waals surface area contributed by atoms with Crippen LogP contribution in [0.25, 0.3) is 0 Å². The summed E-state index contributed by atoms with van der Waals surface area (Å²) in [5, 5.41) is 3.97. The van der Waals surface area contributed by atoms with Gasteiger partial charge >= 0.3 is 0 Å². The number of hydrazone groups is 1. The lowest BCUT2D eigenvalue weighted by molar-refractivity contribution is -0.123. The molecule has 0 aromatic heterocycles. The van der Waals surface area contributed by atoms with Crippen LogP contribution in [0.2, 0.25) is 0 Å². The first-order valence-corrected chi connectivity index (χ1v) is 9.45. The van der Waals surface area contributed by atoms with Gasteiger partial charge in [0.2, 0.25) is 0 Å². The van der Waals surface area contributed by atoms with Gasteiger partial charge in [-0.15, -0.1) is 0 Å². The molecule has 0 atom stereocenters. The summed E-state index contributed by atoms with van der Waals surface area (Å²) in [4.78, 5) is 11.9. The monoisotopic (exact) mass is 384 g/mol. The second kappa shape index (κ2) is 11.6. The van der Waals surface area contributed by atoms with E-state index < -0.39 is 0 Å². The van der Waals surface area contributed by atoms with E-state index in [-0.39, 0.29) is 12.5 Å². The number of nitrogens with zero attached hydrogens (tertiary/aromatic N) is 1. The summed E-state index contributed by atoms with van der Waals surface area (Å²) in [5.41, 5.74) is 4.22. The lowest BCUT2D eigenvalue weighted by Crippen LogP contribution is -2.24. The first-order valence-electron chi connectivity index (χ1n) is 9.45. The summed E-state index contributed by atoms with van der Waals surface area (Å²) in [6, 6.07) is 13.0. The maximum absolute atomic E-state index is 11.9. The van der Waals surface area contributed by atoms with Crippen LogP contribution in [0.4, 0.5) is 0 Å². The molecule has 6 nitrogen and oxygen atoms in total. The number of hydrogen-bond acceptors (Lipinski definition) is 5. The SMILES string of the molecule is CCCCCOc1ccc(/C=N/NC(=O)COc2ccccc2C)cc1OC. The molecule has 0 fully saturated rings. The predicted octanol–water partition coefficient (Wildman–Crippen LogP) is 4.10. The summed E-state index contributed by atoms with van der Waals surface area (Å²) in [5.74, 6) is 1.68. The second-order valence-corrected chi connectivity index (χ2v) is 6.31. The molecule has 0 spiro atoms. The van der Waals surface area contributed by atoms with E-state index >= 15 is 0 Å². The summed E-state index contributed by atoms with van der Waals surface area (Å²) in [6.07, 6.45) is 4.85. The Hall–Kier alpha value is -3.02. The molecule has 0 radical (unpaired) electrons. The summed E-state index contributed by atoms with van der Waals surface area (Å²) >= 11 is 0. The fraction of sp³-hybridized carbons (Fsp3) is 0.364. The molecule has 2 aromatic rings. The predicted molar refractivity (Wildman–Crippen MR) is 110 cm³/mol. The number of ether oxygens (including phenoxy) is 3. The van der Waals surface area contributed by atoms with Crippen LogP contribution in [0, 0.1) is 6.92 Å². The van der Waals surface area contributed by atoms with Gasteiger partial charge in [0.05, 0.1) is 19.9 Å². The standard InChI is InChI=1S/C22H28N2O4/c1-4-5-8-13-27-20-12-11-18(14-21(20)26-3)15-23-24-22(25)16-28-19-10-7-6-9-17(19)2/h6-7,9-12,14-15H,4-5,8,13,16H2,1-3H3,(H,24,25)/b23-15+. The molecule has 1 N–H and O–H groups in total. The first kappa shape index (κ1) is 21.3. The normalized spacial score (nSPS) is 10.7. The number of benzene rings is 2. The minimum atomic E-state index is -0.331. The number of carbonyl (C=O) groups is 1. The maximum atomic E-state index is 11.9. The third-order valence-corrected chi connectivity index (χ3v) is 4.05.